The van der Waals surface area contributed by atoms with Crippen LogP contribution in [0.5, 0.6) is 0 Å². The maximum atomic E-state index is 12.3. The molecule has 1 aliphatic rings. The lowest BCUT2D eigenvalue weighted by molar-refractivity contribution is -0.148. The third kappa shape index (κ3) is 2.45. The highest BCUT2D eigenvalue weighted by Gasteiger charge is 2.33. The molecule has 0 saturated carbocycles. The molecule has 22 heavy (non-hydrogen) atoms. The summed E-state index contributed by atoms with van der Waals surface area (Å²) in [4.78, 5) is 41.2. The average Bonchev–Trinajstić information content (AvgIpc) is 3.00. The molecule has 1 aliphatic heterocycles. The lowest BCUT2D eigenvalue weighted by atomic mass is 10.2. The Morgan fingerprint density at radius 3 is 2.86 bits per heavy atom. The van der Waals surface area contributed by atoms with Crippen molar-refractivity contribution in [3.8, 4) is 0 Å². The Kier molecular flexibility index (Phi) is 3.62. The van der Waals surface area contributed by atoms with Crippen molar-refractivity contribution in [2.24, 2.45) is 0 Å². The lowest BCUT2D eigenvalue weighted by Crippen LogP contribution is -2.43. The van der Waals surface area contributed by atoms with Crippen LogP contribution in [-0.4, -0.2) is 44.0 Å². The molecule has 3 rings (SSSR count). The molecule has 1 fully saturated rings. The minimum Gasteiger partial charge on any atom is -0.480 e. The Hall–Kier alpha value is -2.70. The van der Waals surface area contributed by atoms with Crippen molar-refractivity contribution in [1.29, 1.82) is 0 Å². The van der Waals surface area contributed by atoms with Gasteiger partial charge in [-0.05, 0) is 25.0 Å². The zero-order valence-corrected chi connectivity index (χ0v) is 11.8. The van der Waals surface area contributed by atoms with Crippen LogP contribution in [0.3, 0.4) is 0 Å². The Bertz CT molecular complexity index is 799. The van der Waals surface area contributed by atoms with Crippen LogP contribution < -0.4 is 5.56 Å². The van der Waals surface area contributed by atoms with Crippen LogP contribution in [0.25, 0.3) is 10.9 Å². The number of hydrogen-bond donors (Lipinski definition) is 1. The van der Waals surface area contributed by atoms with E-state index in [1.54, 1.807) is 24.3 Å². The number of nitrogens with zero attached hydrogens (tertiary/aromatic N) is 3. The quantitative estimate of drug-likeness (QED) is 0.889. The second-order valence-corrected chi connectivity index (χ2v) is 5.28. The Morgan fingerprint density at radius 1 is 1.32 bits per heavy atom. The van der Waals surface area contributed by atoms with E-state index >= 15 is 0 Å². The van der Waals surface area contributed by atoms with Crippen molar-refractivity contribution in [1.82, 2.24) is 14.5 Å². The number of para-hydroxylation sites is 1. The number of aromatic nitrogens is 2. The van der Waals surface area contributed by atoms with E-state index in [1.807, 2.05) is 0 Å². The molecule has 7 nitrogen and oxygen atoms in total. The summed E-state index contributed by atoms with van der Waals surface area (Å²) in [5, 5.41) is 9.56. The molecule has 1 aromatic carbocycles. The summed E-state index contributed by atoms with van der Waals surface area (Å²) in [7, 11) is 0. The summed E-state index contributed by atoms with van der Waals surface area (Å²) < 4.78 is 1.22. The largest absolute Gasteiger partial charge is 0.480 e. The van der Waals surface area contributed by atoms with Gasteiger partial charge in [0.1, 0.15) is 12.6 Å². The first-order chi connectivity index (χ1) is 10.6. The van der Waals surface area contributed by atoms with E-state index in [1.165, 1.54) is 15.8 Å². The van der Waals surface area contributed by atoms with E-state index in [4.69, 9.17) is 5.11 Å². The lowest BCUT2D eigenvalue weighted by Gasteiger charge is -2.21. The van der Waals surface area contributed by atoms with Gasteiger partial charge in [0.05, 0.1) is 17.2 Å². The fourth-order valence-corrected chi connectivity index (χ4v) is 2.78. The molecular weight excluding hydrogens is 286 g/mol. The molecule has 2 aromatic rings. The normalized spacial score (nSPS) is 17.8. The van der Waals surface area contributed by atoms with Crippen LogP contribution in [0.4, 0.5) is 0 Å². The minimum absolute atomic E-state index is 0.194. The topological polar surface area (TPSA) is 92.5 Å². The first-order valence-electron chi connectivity index (χ1n) is 7.04. The summed E-state index contributed by atoms with van der Waals surface area (Å²) in [5.74, 6) is -1.38. The first kappa shape index (κ1) is 14.2. The Morgan fingerprint density at radius 2 is 2.09 bits per heavy atom. The monoisotopic (exact) mass is 301 g/mol. The number of carboxylic acids is 1. The number of aliphatic carboxylic acids is 1. The Balaban J connectivity index is 1.87. The van der Waals surface area contributed by atoms with Gasteiger partial charge in [0, 0.05) is 6.54 Å². The second-order valence-electron chi connectivity index (χ2n) is 5.28. The van der Waals surface area contributed by atoms with Gasteiger partial charge in [-0.3, -0.25) is 14.2 Å². The molecule has 0 spiro atoms. The smallest absolute Gasteiger partial charge is 0.326 e. The van der Waals surface area contributed by atoms with Gasteiger partial charge in [0.25, 0.3) is 5.56 Å². The molecule has 0 bridgehead atoms. The predicted molar refractivity (Wildman–Crippen MR) is 78.4 cm³/mol. The molecule has 0 radical (unpaired) electrons. The fraction of sp³-hybridized carbons (Fsp3) is 0.333. The highest BCUT2D eigenvalue weighted by Crippen LogP contribution is 2.17. The number of amides is 1. The van der Waals surface area contributed by atoms with Gasteiger partial charge in [0.2, 0.25) is 5.91 Å². The van der Waals surface area contributed by atoms with E-state index in [2.05, 4.69) is 4.98 Å². The molecule has 7 heteroatoms. The fourth-order valence-electron chi connectivity index (χ4n) is 2.78. The van der Waals surface area contributed by atoms with Crippen molar-refractivity contribution >= 4 is 22.8 Å². The van der Waals surface area contributed by atoms with Gasteiger partial charge < -0.3 is 10.0 Å². The van der Waals surface area contributed by atoms with Crippen molar-refractivity contribution in [2.45, 2.75) is 25.4 Å². The molecule has 0 unspecified atom stereocenters. The van der Waals surface area contributed by atoms with E-state index in [-0.39, 0.29) is 18.0 Å². The minimum atomic E-state index is -1.00. The zero-order valence-electron chi connectivity index (χ0n) is 11.8. The van der Waals surface area contributed by atoms with E-state index in [0.717, 1.165) is 0 Å². The van der Waals surface area contributed by atoms with Gasteiger partial charge in [-0.25, -0.2) is 9.78 Å². The number of fused-ring (bicyclic) bond motifs is 1. The van der Waals surface area contributed by atoms with Crippen LogP contribution in [0.2, 0.25) is 0 Å². The molecule has 114 valence electrons. The third-order valence-electron chi connectivity index (χ3n) is 3.90. The van der Waals surface area contributed by atoms with Crippen molar-refractivity contribution in [3.05, 3.63) is 40.9 Å². The number of carbonyl (C=O) groups is 2. The summed E-state index contributed by atoms with van der Waals surface area (Å²) in [5.41, 5.74) is 0.269. The summed E-state index contributed by atoms with van der Waals surface area (Å²) in [6.07, 6.45) is 2.44. The van der Waals surface area contributed by atoms with Crippen LogP contribution in [-0.2, 0) is 16.1 Å². The van der Waals surface area contributed by atoms with E-state index in [9.17, 15) is 14.4 Å². The third-order valence-corrected chi connectivity index (χ3v) is 3.90. The number of carbonyl (C=O) groups excluding carboxylic acids is 1. The van der Waals surface area contributed by atoms with Gasteiger partial charge in [-0.1, -0.05) is 12.1 Å². The summed E-state index contributed by atoms with van der Waals surface area (Å²) in [6, 6.07) is 6.10. The summed E-state index contributed by atoms with van der Waals surface area (Å²) in [6.45, 7) is 0.214. The predicted octanol–water partition coefficient (Wildman–Crippen LogP) is 0.472. The van der Waals surface area contributed by atoms with Crippen molar-refractivity contribution < 1.29 is 14.7 Å². The van der Waals surface area contributed by atoms with E-state index in [0.29, 0.717) is 30.3 Å². The summed E-state index contributed by atoms with van der Waals surface area (Å²) >= 11 is 0. The number of carboxylic acid groups (broad SMARTS) is 1. The van der Waals surface area contributed by atoms with Crippen molar-refractivity contribution in [3.63, 3.8) is 0 Å². The molecule has 0 aliphatic carbocycles. The average molecular weight is 301 g/mol. The van der Waals surface area contributed by atoms with Gasteiger partial charge >= 0.3 is 5.97 Å². The van der Waals surface area contributed by atoms with Gasteiger partial charge in [-0.15, -0.1) is 0 Å². The van der Waals surface area contributed by atoms with Crippen LogP contribution in [0.1, 0.15) is 12.8 Å². The molecule has 1 N–H and O–H groups in total. The van der Waals surface area contributed by atoms with Gasteiger partial charge in [-0.2, -0.15) is 0 Å². The molecule has 2 heterocycles. The van der Waals surface area contributed by atoms with Crippen LogP contribution in [0, 0.1) is 0 Å². The number of rotatable bonds is 3. The second kappa shape index (κ2) is 5.59. The number of hydrogen-bond acceptors (Lipinski definition) is 4. The van der Waals surface area contributed by atoms with E-state index < -0.39 is 12.0 Å². The maximum absolute atomic E-state index is 12.3. The maximum Gasteiger partial charge on any atom is 0.326 e. The molecule has 1 saturated heterocycles. The number of benzene rings is 1. The Labute approximate surface area is 125 Å². The number of likely N-dealkylation sites (tertiary alicyclic amines) is 1. The SMILES string of the molecule is O=C(O)[C@@H]1CCCN1C(=O)Cn1cnc2ccccc2c1=O. The molecule has 1 aromatic heterocycles. The zero-order chi connectivity index (χ0) is 15.7. The van der Waals surface area contributed by atoms with Crippen LogP contribution >= 0.6 is 0 Å². The first-order valence-corrected chi connectivity index (χ1v) is 7.04. The molecule has 1 atom stereocenters. The molecule has 1 amide bonds. The highest BCUT2D eigenvalue weighted by atomic mass is 16.4. The van der Waals surface area contributed by atoms with Crippen LogP contribution in [0.15, 0.2) is 35.4 Å². The standard InChI is InChI=1S/C15H15N3O4/c19-13(18-7-3-6-12(18)15(21)22)8-17-9-16-11-5-2-1-4-10(11)14(17)20/h1-2,4-5,9,12H,3,6-8H2,(H,21,22)/t12-/m0/s1. The molecular formula is C15H15N3O4. The van der Waals surface area contributed by atoms with Crippen molar-refractivity contribution in [2.75, 3.05) is 6.54 Å². The van der Waals surface area contributed by atoms with Gasteiger partial charge in [0.15, 0.2) is 0 Å². The highest BCUT2D eigenvalue weighted by molar-refractivity contribution is 5.84.